The van der Waals surface area contributed by atoms with Gasteiger partial charge in [-0.2, -0.15) is 16.7 Å². The summed E-state index contributed by atoms with van der Waals surface area (Å²) >= 11 is 1.90. The highest BCUT2D eigenvalue weighted by atomic mass is 32.2. The van der Waals surface area contributed by atoms with Crippen molar-refractivity contribution in [3.8, 4) is 5.88 Å². The van der Waals surface area contributed by atoms with E-state index in [1.807, 2.05) is 25.6 Å². The summed E-state index contributed by atoms with van der Waals surface area (Å²) < 4.78 is 5.91. The van der Waals surface area contributed by atoms with Gasteiger partial charge in [0, 0.05) is 11.3 Å². The average molecular weight is 268 g/mol. The second kappa shape index (κ2) is 5.22. The number of nitrogens with one attached hydrogen (secondary N) is 1. The van der Waals surface area contributed by atoms with Crippen molar-refractivity contribution in [2.75, 3.05) is 23.9 Å². The predicted molar refractivity (Wildman–Crippen MR) is 76.2 cm³/mol. The third-order valence-electron chi connectivity index (χ3n) is 3.01. The van der Waals surface area contributed by atoms with E-state index in [0.717, 1.165) is 6.54 Å². The Labute approximate surface area is 112 Å². The molecule has 1 fully saturated rings. The molecule has 1 saturated carbocycles. The van der Waals surface area contributed by atoms with E-state index in [1.165, 1.54) is 19.2 Å². The number of rotatable bonds is 6. The van der Waals surface area contributed by atoms with Crippen LogP contribution in [0.3, 0.4) is 0 Å². The summed E-state index contributed by atoms with van der Waals surface area (Å²) in [5.41, 5.74) is 6.49. The van der Waals surface area contributed by atoms with E-state index in [0.29, 0.717) is 22.1 Å². The molecule has 1 aliphatic rings. The molecular formula is C12H20N4OS. The molecule has 0 unspecified atom stereocenters. The molecule has 18 heavy (non-hydrogen) atoms. The molecule has 1 aromatic heterocycles. The SMILES string of the molecule is CSC1(CNc2ncnc(OC(C)C)c2N)CC1. The number of nitrogen functional groups attached to an aromatic ring is 1. The summed E-state index contributed by atoms with van der Waals surface area (Å²) in [4.78, 5) is 8.23. The standard InChI is InChI=1S/C12H20N4OS/c1-8(2)17-11-9(13)10(15-7-16-11)14-6-12(18-3)4-5-12/h7-8H,4-6,13H2,1-3H3,(H,14,15,16). The van der Waals surface area contributed by atoms with Gasteiger partial charge in [0.1, 0.15) is 12.0 Å². The van der Waals surface area contributed by atoms with Gasteiger partial charge in [-0.15, -0.1) is 0 Å². The summed E-state index contributed by atoms with van der Waals surface area (Å²) in [6, 6.07) is 0. The average Bonchev–Trinajstić information content (AvgIpc) is 3.10. The highest BCUT2D eigenvalue weighted by Crippen LogP contribution is 2.47. The normalized spacial score (nSPS) is 16.7. The fourth-order valence-corrected chi connectivity index (χ4v) is 2.40. The van der Waals surface area contributed by atoms with Gasteiger partial charge in [-0.3, -0.25) is 0 Å². The second-order valence-electron chi connectivity index (χ2n) is 4.85. The molecular weight excluding hydrogens is 248 g/mol. The van der Waals surface area contributed by atoms with Crippen LogP contribution in [-0.4, -0.2) is 33.6 Å². The van der Waals surface area contributed by atoms with E-state index in [1.54, 1.807) is 0 Å². The van der Waals surface area contributed by atoms with E-state index >= 15 is 0 Å². The fraction of sp³-hybridized carbons (Fsp3) is 0.667. The van der Waals surface area contributed by atoms with Crippen molar-refractivity contribution < 1.29 is 4.74 Å². The van der Waals surface area contributed by atoms with Crippen molar-refractivity contribution >= 4 is 23.3 Å². The molecule has 0 aromatic carbocycles. The smallest absolute Gasteiger partial charge is 0.242 e. The highest BCUT2D eigenvalue weighted by molar-refractivity contribution is 8.00. The maximum absolute atomic E-state index is 6.00. The molecule has 0 atom stereocenters. The zero-order chi connectivity index (χ0) is 13.2. The zero-order valence-electron chi connectivity index (χ0n) is 11.1. The lowest BCUT2D eigenvalue weighted by atomic mass is 10.4. The van der Waals surface area contributed by atoms with E-state index in [4.69, 9.17) is 10.5 Å². The molecule has 0 spiro atoms. The van der Waals surface area contributed by atoms with E-state index in [-0.39, 0.29) is 6.10 Å². The van der Waals surface area contributed by atoms with Gasteiger partial charge in [0.25, 0.3) is 0 Å². The molecule has 100 valence electrons. The molecule has 2 rings (SSSR count). The van der Waals surface area contributed by atoms with Gasteiger partial charge in [-0.05, 0) is 32.9 Å². The first kappa shape index (κ1) is 13.3. The highest BCUT2D eigenvalue weighted by Gasteiger charge is 2.41. The molecule has 3 N–H and O–H groups in total. The fourth-order valence-electron chi connectivity index (χ4n) is 1.67. The van der Waals surface area contributed by atoms with Crippen molar-refractivity contribution in [1.82, 2.24) is 9.97 Å². The molecule has 0 amide bonds. The minimum Gasteiger partial charge on any atom is -0.473 e. The van der Waals surface area contributed by atoms with Crippen LogP contribution in [0, 0.1) is 0 Å². The zero-order valence-corrected chi connectivity index (χ0v) is 11.9. The molecule has 5 nitrogen and oxygen atoms in total. The first-order valence-corrected chi connectivity index (χ1v) is 7.35. The third kappa shape index (κ3) is 2.98. The van der Waals surface area contributed by atoms with Crippen molar-refractivity contribution in [3.05, 3.63) is 6.33 Å². The van der Waals surface area contributed by atoms with Crippen LogP contribution in [0.4, 0.5) is 11.5 Å². The molecule has 1 aliphatic carbocycles. The van der Waals surface area contributed by atoms with Crippen LogP contribution in [0.5, 0.6) is 5.88 Å². The minimum absolute atomic E-state index is 0.0519. The lowest BCUT2D eigenvalue weighted by Crippen LogP contribution is -2.19. The first-order chi connectivity index (χ1) is 8.56. The van der Waals surface area contributed by atoms with Gasteiger partial charge >= 0.3 is 0 Å². The molecule has 1 heterocycles. The van der Waals surface area contributed by atoms with Gasteiger partial charge in [0.05, 0.1) is 6.10 Å². The van der Waals surface area contributed by atoms with Crippen molar-refractivity contribution in [3.63, 3.8) is 0 Å². The number of anilines is 2. The van der Waals surface area contributed by atoms with Crippen LogP contribution in [0.2, 0.25) is 0 Å². The monoisotopic (exact) mass is 268 g/mol. The molecule has 0 saturated heterocycles. The molecule has 0 radical (unpaired) electrons. The number of aromatic nitrogens is 2. The minimum atomic E-state index is 0.0519. The number of nitrogens with two attached hydrogens (primary N) is 1. The Hall–Kier alpha value is -1.17. The Kier molecular flexibility index (Phi) is 3.85. The lowest BCUT2D eigenvalue weighted by Gasteiger charge is -2.16. The Morgan fingerprint density at radius 3 is 2.78 bits per heavy atom. The molecule has 0 bridgehead atoms. The van der Waals surface area contributed by atoms with Crippen molar-refractivity contribution in [2.45, 2.75) is 37.5 Å². The van der Waals surface area contributed by atoms with Crippen LogP contribution in [0.15, 0.2) is 6.33 Å². The first-order valence-electron chi connectivity index (χ1n) is 6.12. The van der Waals surface area contributed by atoms with Crippen LogP contribution in [0.25, 0.3) is 0 Å². The van der Waals surface area contributed by atoms with Crippen molar-refractivity contribution in [2.24, 2.45) is 0 Å². The number of thioether (sulfide) groups is 1. The maximum Gasteiger partial charge on any atom is 0.242 e. The van der Waals surface area contributed by atoms with Crippen LogP contribution >= 0.6 is 11.8 Å². The topological polar surface area (TPSA) is 73.1 Å². The summed E-state index contributed by atoms with van der Waals surface area (Å²) in [5.74, 6) is 1.12. The lowest BCUT2D eigenvalue weighted by molar-refractivity contribution is 0.234. The van der Waals surface area contributed by atoms with Gasteiger partial charge < -0.3 is 15.8 Å². The largest absolute Gasteiger partial charge is 0.473 e. The number of nitrogens with zero attached hydrogens (tertiary/aromatic N) is 2. The van der Waals surface area contributed by atoms with E-state index in [9.17, 15) is 0 Å². The Morgan fingerprint density at radius 2 is 2.22 bits per heavy atom. The van der Waals surface area contributed by atoms with Crippen LogP contribution in [-0.2, 0) is 0 Å². The number of hydrogen-bond acceptors (Lipinski definition) is 6. The number of ether oxygens (including phenoxy) is 1. The summed E-state index contributed by atoms with van der Waals surface area (Å²) in [7, 11) is 0. The number of hydrogen-bond donors (Lipinski definition) is 2. The van der Waals surface area contributed by atoms with Crippen LogP contribution in [0.1, 0.15) is 26.7 Å². The Morgan fingerprint density at radius 1 is 1.50 bits per heavy atom. The summed E-state index contributed by atoms with van der Waals surface area (Å²) in [6.45, 7) is 4.78. The molecule has 6 heteroatoms. The van der Waals surface area contributed by atoms with Gasteiger partial charge in [0.2, 0.25) is 5.88 Å². The van der Waals surface area contributed by atoms with Crippen molar-refractivity contribution in [1.29, 1.82) is 0 Å². The van der Waals surface area contributed by atoms with E-state index < -0.39 is 0 Å². The molecule has 0 aliphatic heterocycles. The second-order valence-corrected chi connectivity index (χ2v) is 6.12. The van der Waals surface area contributed by atoms with Gasteiger partial charge in [-0.1, -0.05) is 0 Å². The van der Waals surface area contributed by atoms with Gasteiger partial charge in [0.15, 0.2) is 5.82 Å². The summed E-state index contributed by atoms with van der Waals surface area (Å²) in [6.07, 6.45) is 6.18. The Balaban J connectivity index is 2.04. The van der Waals surface area contributed by atoms with Gasteiger partial charge in [-0.25, -0.2) is 4.98 Å². The van der Waals surface area contributed by atoms with E-state index in [2.05, 4.69) is 21.5 Å². The van der Waals surface area contributed by atoms with Crippen LogP contribution < -0.4 is 15.8 Å². The quantitative estimate of drug-likeness (QED) is 0.823. The summed E-state index contributed by atoms with van der Waals surface area (Å²) in [5, 5.41) is 3.30. The third-order valence-corrected chi connectivity index (χ3v) is 4.43. The predicted octanol–water partition coefficient (Wildman–Crippen LogP) is 2.15. The maximum atomic E-state index is 6.00. The molecule has 1 aromatic rings. The Bertz CT molecular complexity index is 421.